The van der Waals surface area contributed by atoms with Crippen LogP contribution in [0.1, 0.15) is 10.4 Å². The third kappa shape index (κ3) is 3.45. The molecule has 0 fully saturated rings. The molecule has 120 valence electrons. The average molecular weight is 443 g/mol. The molecule has 0 spiro atoms. The molecule has 0 atom stereocenters. The minimum atomic E-state index is -0.277. The van der Waals surface area contributed by atoms with Crippen molar-refractivity contribution in [1.29, 1.82) is 0 Å². The first-order chi connectivity index (χ1) is 11.1. The number of hydrogen-bond acceptors (Lipinski definition) is 4. The molecule has 0 aliphatic carbocycles. The first-order valence-electron chi connectivity index (χ1n) is 6.82. The number of methoxy groups -OCH3 is 1. The second-order valence-corrected chi connectivity index (χ2v) is 6.55. The Morgan fingerprint density at radius 3 is 2.61 bits per heavy atom. The third-order valence-electron chi connectivity index (χ3n) is 3.26. The molecule has 0 aromatic heterocycles. The molecule has 2 aromatic carbocycles. The number of carbonyl (C=O) groups excluding carboxylic acids is 1. The number of hydrogen-bond donors (Lipinski definition) is 1. The fourth-order valence-electron chi connectivity index (χ4n) is 2.26. The van der Waals surface area contributed by atoms with Gasteiger partial charge in [0, 0.05) is 16.2 Å². The number of amides is 1. The lowest BCUT2D eigenvalue weighted by Gasteiger charge is -2.19. The maximum atomic E-state index is 12.6. The van der Waals surface area contributed by atoms with E-state index in [4.69, 9.17) is 14.2 Å². The average Bonchev–Trinajstić information content (AvgIpc) is 2.54. The van der Waals surface area contributed by atoms with Gasteiger partial charge < -0.3 is 19.5 Å². The van der Waals surface area contributed by atoms with Crippen molar-refractivity contribution >= 4 is 43.5 Å². The van der Waals surface area contributed by atoms with E-state index in [-0.39, 0.29) is 5.91 Å². The number of benzene rings is 2. The molecule has 0 bridgehead atoms. The molecule has 1 amide bonds. The minimum absolute atomic E-state index is 0.277. The lowest BCUT2D eigenvalue weighted by molar-refractivity contribution is 0.102. The molecular formula is C16H13Br2NO4. The summed E-state index contributed by atoms with van der Waals surface area (Å²) in [6, 6.07) is 8.81. The van der Waals surface area contributed by atoms with Crippen molar-refractivity contribution in [3.05, 3.63) is 44.8 Å². The van der Waals surface area contributed by atoms with Crippen LogP contribution in [-0.2, 0) is 0 Å². The molecule has 1 N–H and O–H groups in total. The highest BCUT2D eigenvalue weighted by atomic mass is 79.9. The van der Waals surface area contributed by atoms with Gasteiger partial charge >= 0.3 is 0 Å². The van der Waals surface area contributed by atoms with Gasteiger partial charge in [-0.15, -0.1) is 0 Å². The lowest BCUT2D eigenvalue weighted by Crippen LogP contribution is -2.17. The van der Waals surface area contributed by atoms with Gasteiger partial charge in [-0.3, -0.25) is 4.79 Å². The minimum Gasteiger partial charge on any atom is -0.495 e. The number of fused-ring (bicyclic) bond motifs is 1. The van der Waals surface area contributed by atoms with Crippen LogP contribution in [0.3, 0.4) is 0 Å². The molecule has 0 unspecified atom stereocenters. The maximum Gasteiger partial charge on any atom is 0.259 e. The van der Waals surface area contributed by atoms with Gasteiger partial charge in [-0.25, -0.2) is 0 Å². The molecule has 0 saturated heterocycles. The second kappa shape index (κ2) is 6.80. The van der Waals surface area contributed by atoms with Crippen LogP contribution in [-0.4, -0.2) is 26.2 Å². The number of ether oxygens (including phenoxy) is 3. The van der Waals surface area contributed by atoms with Crippen LogP contribution < -0.4 is 19.5 Å². The standard InChI is InChI=1S/C16H13Br2NO4/c1-21-15-11(6-9(17)7-12(15)18)16(20)19-10-2-3-13-14(8-10)23-5-4-22-13/h2-3,6-8H,4-5H2,1H3,(H,19,20). The molecule has 0 radical (unpaired) electrons. The molecule has 0 saturated carbocycles. The first-order valence-corrected chi connectivity index (χ1v) is 8.41. The van der Waals surface area contributed by atoms with E-state index in [2.05, 4.69) is 37.2 Å². The van der Waals surface area contributed by atoms with Crippen molar-refractivity contribution in [3.63, 3.8) is 0 Å². The van der Waals surface area contributed by atoms with Gasteiger partial charge in [-0.05, 0) is 40.2 Å². The van der Waals surface area contributed by atoms with E-state index in [1.54, 1.807) is 24.3 Å². The number of carbonyl (C=O) groups is 1. The fraction of sp³-hybridized carbons (Fsp3) is 0.188. The predicted octanol–water partition coefficient (Wildman–Crippen LogP) is 4.24. The summed E-state index contributed by atoms with van der Waals surface area (Å²) in [5, 5.41) is 2.84. The largest absolute Gasteiger partial charge is 0.495 e. The smallest absolute Gasteiger partial charge is 0.259 e. The number of anilines is 1. The number of halogens is 2. The van der Waals surface area contributed by atoms with Crippen LogP contribution in [0.2, 0.25) is 0 Å². The van der Waals surface area contributed by atoms with Crippen molar-refractivity contribution in [1.82, 2.24) is 0 Å². The van der Waals surface area contributed by atoms with E-state index in [0.717, 1.165) is 4.47 Å². The summed E-state index contributed by atoms with van der Waals surface area (Å²) in [7, 11) is 1.52. The summed E-state index contributed by atoms with van der Waals surface area (Å²) >= 11 is 6.77. The number of nitrogens with one attached hydrogen (secondary N) is 1. The van der Waals surface area contributed by atoms with Gasteiger partial charge in [0.25, 0.3) is 5.91 Å². The topological polar surface area (TPSA) is 56.8 Å². The monoisotopic (exact) mass is 441 g/mol. The molecule has 23 heavy (non-hydrogen) atoms. The second-order valence-electron chi connectivity index (χ2n) is 4.78. The van der Waals surface area contributed by atoms with E-state index in [0.29, 0.717) is 46.2 Å². The Balaban J connectivity index is 1.87. The van der Waals surface area contributed by atoms with E-state index in [9.17, 15) is 4.79 Å². The van der Waals surface area contributed by atoms with Gasteiger partial charge in [0.1, 0.15) is 19.0 Å². The third-order valence-corrected chi connectivity index (χ3v) is 4.30. The zero-order valence-corrected chi connectivity index (χ0v) is 15.4. The summed E-state index contributed by atoms with van der Waals surface area (Å²) < 4.78 is 17.8. The van der Waals surface area contributed by atoms with Crippen LogP contribution >= 0.6 is 31.9 Å². The van der Waals surface area contributed by atoms with Crippen LogP contribution in [0.5, 0.6) is 17.2 Å². The Morgan fingerprint density at radius 2 is 1.87 bits per heavy atom. The van der Waals surface area contributed by atoms with Crippen molar-refractivity contribution in [3.8, 4) is 17.2 Å². The molecule has 1 heterocycles. The Bertz CT molecular complexity index is 764. The zero-order chi connectivity index (χ0) is 16.4. The quantitative estimate of drug-likeness (QED) is 0.772. The molecule has 1 aliphatic heterocycles. The highest BCUT2D eigenvalue weighted by Gasteiger charge is 2.18. The molecule has 7 heteroatoms. The molecule has 5 nitrogen and oxygen atoms in total. The SMILES string of the molecule is COc1c(Br)cc(Br)cc1C(=O)Nc1ccc2c(c1)OCCO2. The maximum absolute atomic E-state index is 12.6. The summed E-state index contributed by atoms with van der Waals surface area (Å²) in [4.78, 5) is 12.6. The summed E-state index contributed by atoms with van der Waals surface area (Å²) in [6.45, 7) is 1.03. The predicted molar refractivity (Wildman–Crippen MR) is 93.8 cm³/mol. The Kier molecular flexibility index (Phi) is 4.77. The van der Waals surface area contributed by atoms with E-state index < -0.39 is 0 Å². The molecule has 3 rings (SSSR count). The van der Waals surface area contributed by atoms with Crippen LogP contribution in [0, 0.1) is 0 Å². The summed E-state index contributed by atoms with van der Waals surface area (Å²) in [5.74, 6) is 1.50. The fourth-order valence-corrected chi connectivity index (χ4v) is 3.64. The highest BCUT2D eigenvalue weighted by molar-refractivity contribution is 9.11. The zero-order valence-electron chi connectivity index (χ0n) is 12.2. The van der Waals surface area contributed by atoms with Crippen LogP contribution in [0.25, 0.3) is 0 Å². The summed E-state index contributed by atoms with van der Waals surface area (Å²) in [5.41, 5.74) is 1.04. The molecular weight excluding hydrogens is 430 g/mol. The van der Waals surface area contributed by atoms with Crippen molar-refractivity contribution < 1.29 is 19.0 Å². The number of rotatable bonds is 3. The first kappa shape index (κ1) is 16.1. The van der Waals surface area contributed by atoms with E-state index in [1.165, 1.54) is 7.11 Å². The lowest BCUT2D eigenvalue weighted by atomic mass is 10.1. The Labute approximate surface area is 150 Å². The van der Waals surface area contributed by atoms with E-state index in [1.807, 2.05) is 6.07 Å². The van der Waals surface area contributed by atoms with Crippen molar-refractivity contribution in [2.75, 3.05) is 25.6 Å². The summed E-state index contributed by atoms with van der Waals surface area (Å²) in [6.07, 6.45) is 0. The highest BCUT2D eigenvalue weighted by Crippen LogP contribution is 2.35. The molecule has 1 aliphatic rings. The van der Waals surface area contributed by atoms with Gasteiger partial charge in [0.2, 0.25) is 0 Å². The Morgan fingerprint density at radius 1 is 1.13 bits per heavy atom. The van der Waals surface area contributed by atoms with Gasteiger partial charge in [0.05, 0.1) is 17.1 Å². The van der Waals surface area contributed by atoms with Crippen molar-refractivity contribution in [2.24, 2.45) is 0 Å². The Hall–Kier alpha value is -1.73. The van der Waals surface area contributed by atoms with Crippen molar-refractivity contribution in [2.45, 2.75) is 0 Å². The van der Waals surface area contributed by atoms with Gasteiger partial charge in [-0.1, -0.05) is 15.9 Å². The van der Waals surface area contributed by atoms with Gasteiger partial charge in [0.15, 0.2) is 11.5 Å². The molecule has 2 aromatic rings. The van der Waals surface area contributed by atoms with E-state index >= 15 is 0 Å². The van der Waals surface area contributed by atoms with Gasteiger partial charge in [-0.2, -0.15) is 0 Å². The van der Waals surface area contributed by atoms with Crippen LogP contribution in [0.4, 0.5) is 5.69 Å². The normalized spacial score (nSPS) is 12.7. The van der Waals surface area contributed by atoms with Crippen LogP contribution in [0.15, 0.2) is 39.3 Å².